The van der Waals surface area contributed by atoms with Gasteiger partial charge in [-0.3, -0.25) is 4.79 Å². The number of carbonyl (C=O) groups is 1. The minimum absolute atomic E-state index is 0.0701. The molecule has 1 aromatic rings. The molecule has 0 spiro atoms. The number of unbranched alkanes of at least 4 members (excludes halogenated alkanes) is 1. The van der Waals surface area contributed by atoms with E-state index < -0.39 is 6.10 Å². The van der Waals surface area contributed by atoms with Crippen LogP contribution in [0.25, 0.3) is 0 Å². The molecule has 98 valence electrons. The van der Waals surface area contributed by atoms with Crippen LogP contribution in [0.3, 0.4) is 0 Å². The summed E-state index contributed by atoms with van der Waals surface area (Å²) in [6.45, 7) is 1.30. The fourth-order valence-electron chi connectivity index (χ4n) is 1.96. The number of amides is 1. The summed E-state index contributed by atoms with van der Waals surface area (Å²) in [5.74, 6) is 0.681. The third kappa shape index (κ3) is 3.15. The largest absolute Gasteiger partial charge is 0.480 e. The van der Waals surface area contributed by atoms with Crippen molar-refractivity contribution in [3.63, 3.8) is 0 Å². The quantitative estimate of drug-likeness (QED) is 0.796. The molecule has 1 aromatic carbocycles. The SMILES string of the molecule is NCCCCNC(=O)C1Cc2cc(Cl)ccc2O1. The zero-order chi connectivity index (χ0) is 13.0. The van der Waals surface area contributed by atoms with E-state index in [9.17, 15) is 4.79 Å². The zero-order valence-corrected chi connectivity index (χ0v) is 10.9. The van der Waals surface area contributed by atoms with Crippen LogP contribution in [0.15, 0.2) is 18.2 Å². The molecule has 0 bridgehead atoms. The number of nitrogens with two attached hydrogens (primary N) is 1. The highest BCUT2D eigenvalue weighted by molar-refractivity contribution is 6.30. The van der Waals surface area contributed by atoms with Gasteiger partial charge >= 0.3 is 0 Å². The number of hydrogen-bond acceptors (Lipinski definition) is 3. The van der Waals surface area contributed by atoms with Crippen LogP contribution in [-0.4, -0.2) is 25.1 Å². The zero-order valence-electron chi connectivity index (χ0n) is 10.1. The first-order chi connectivity index (χ1) is 8.70. The van der Waals surface area contributed by atoms with Crippen LogP contribution >= 0.6 is 11.6 Å². The van der Waals surface area contributed by atoms with Gasteiger partial charge in [-0.15, -0.1) is 0 Å². The van der Waals surface area contributed by atoms with Crippen molar-refractivity contribution in [2.24, 2.45) is 5.73 Å². The van der Waals surface area contributed by atoms with E-state index in [1.807, 2.05) is 6.07 Å². The molecule has 2 rings (SSSR count). The Hall–Kier alpha value is -1.26. The van der Waals surface area contributed by atoms with Crippen LogP contribution in [0.2, 0.25) is 5.02 Å². The van der Waals surface area contributed by atoms with Gasteiger partial charge in [0.2, 0.25) is 0 Å². The number of halogens is 1. The molecule has 0 aromatic heterocycles. The summed E-state index contributed by atoms with van der Waals surface area (Å²) >= 11 is 5.90. The summed E-state index contributed by atoms with van der Waals surface area (Å²) in [4.78, 5) is 11.9. The Bertz CT molecular complexity index is 437. The second-order valence-electron chi connectivity index (χ2n) is 4.35. The third-order valence-electron chi connectivity index (χ3n) is 2.92. The van der Waals surface area contributed by atoms with Crippen LogP contribution in [0.4, 0.5) is 0 Å². The lowest BCUT2D eigenvalue weighted by molar-refractivity contribution is -0.127. The maximum absolute atomic E-state index is 11.9. The van der Waals surface area contributed by atoms with E-state index >= 15 is 0 Å². The third-order valence-corrected chi connectivity index (χ3v) is 3.15. The molecule has 0 saturated heterocycles. The van der Waals surface area contributed by atoms with Crippen LogP contribution in [-0.2, 0) is 11.2 Å². The molecule has 1 unspecified atom stereocenters. The van der Waals surface area contributed by atoms with Gasteiger partial charge in [-0.25, -0.2) is 0 Å². The number of benzene rings is 1. The molecule has 1 aliphatic rings. The molecule has 3 N–H and O–H groups in total. The second kappa shape index (κ2) is 6.07. The van der Waals surface area contributed by atoms with Gasteiger partial charge in [0, 0.05) is 18.0 Å². The van der Waals surface area contributed by atoms with Gasteiger partial charge in [-0.05, 0) is 43.1 Å². The lowest BCUT2D eigenvalue weighted by Crippen LogP contribution is -2.37. The van der Waals surface area contributed by atoms with Gasteiger partial charge in [-0.1, -0.05) is 11.6 Å². The van der Waals surface area contributed by atoms with E-state index in [1.165, 1.54) is 0 Å². The molecular formula is C13H17ClN2O2. The Morgan fingerprint density at radius 2 is 2.33 bits per heavy atom. The highest BCUT2D eigenvalue weighted by Gasteiger charge is 2.28. The fourth-order valence-corrected chi connectivity index (χ4v) is 2.15. The van der Waals surface area contributed by atoms with E-state index in [4.69, 9.17) is 22.1 Å². The summed E-state index contributed by atoms with van der Waals surface area (Å²) < 4.78 is 5.59. The highest BCUT2D eigenvalue weighted by atomic mass is 35.5. The van der Waals surface area contributed by atoms with Gasteiger partial charge in [0.05, 0.1) is 0 Å². The molecule has 0 radical (unpaired) electrons. The first-order valence-electron chi connectivity index (χ1n) is 6.13. The van der Waals surface area contributed by atoms with Crippen molar-refractivity contribution in [1.29, 1.82) is 0 Å². The van der Waals surface area contributed by atoms with Crippen molar-refractivity contribution in [3.8, 4) is 5.75 Å². The molecule has 0 aliphatic carbocycles. The highest BCUT2D eigenvalue weighted by Crippen LogP contribution is 2.31. The van der Waals surface area contributed by atoms with Gasteiger partial charge in [0.15, 0.2) is 6.10 Å². The van der Waals surface area contributed by atoms with E-state index in [2.05, 4.69) is 5.32 Å². The standard InChI is InChI=1S/C13H17ClN2O2/c14-10-3-4-11-9(7-10)8-12(18-11)13(17)16-6-2-1-5-15/h3-4,7,12H,1-2,5-6,8,15H2,(H,16,17). The average Bonchev–Trinajstić information content (AvgIpc) is 2.77. The van der Waals surface area contributed by atoms with Crippen molar-refractivity contribution in [2.45, 2.75) is 25.4 Å². The van der Waals surface area contributed by atoms with Crippen LogP contribution in [0.5, 0.6) is 5.75 Å². The molecule has 1 heterocycles. The van der Waals surface area contributed by atoms with Crippen LogP contribution in [0, 0.1) is 0 Å². The molecule has 0 saturated carbocycles. The van der Waals surface area contributed by atoms with Gasteiger partial charge in [0.25, 0.3) is 5.91 Å². The molecule has 1 atom stereocenters. The predicted octanol–water partition coefficient (Wildman–Crippen LogP) is 1.50. The molecular weight excluding hydrogens is 252 g/mol. The van der Waals surface area contributed by atoms with Gasteiger partial charge in [0.1, 0.15) is 5.75 Å². The van der Waals surface area contributed by atoms with Gasteiger partial charge < -0.3 is 15.8 Å². The number of ether oxygens (including phenoxy) is 1. The average molecular weight is 269 g/mol. The fraction of sp³-hybridized carbons (Fsp3) is 0.462. The van der Waals surface area contributed by atoms with Crippen molar-refractivity contribution >= 4 is 17.5 Å². The van der Waals surface area contributed by atoms with Crippen LogP contribution in [0.1, 0.15) is 18.4 Å². The van der Waals surface area contributed by atoms with E-state index in [0.29, 0.717) is 24.5 Å². The molecule has 5 heteroatoms. The minimum atomic E-state index is -0.434. The van der Waals surface area contributed by atoms with Crippen molar-refractivity contribution in [3.05, 3.63) is 28.8 Å². The first kappa shape index (κ1) is 13.2. The monoisotopic (exact) mass is 268 g/mol. The Morgan fingerprint density at radius 3 is 3.11 bits per heavy atom. The topological polar surface area (TPSA) is 64.3 Å². The lowest BCUT2D eigenvalue weighted by Gasteiger charge is -2.10. The Morgan fingerprint density at radius 1 is 1.50 bits per heavy atom. The van der Waals surface area contributed by atoms with Crippen molar-refractivity contribution < 1.29 is 9.53 Å². The Labute approximate surface area is 111 Å². The predicted molar refractivity (Wildman–Crippen MR) is 70.9 cm³/mol. The maximum Gasteiger partial charge on any atom is 0.261 e. The van der Waals surface area contributed by atoms with Crippen molar-refractivity contribution in [1.82, 2.24) is 5.32 Å². The number of fused-ring (bicyclic) bond motifs is 1. The first-order valence-corrected chi connectivity index (χ1v) is 6.51. The summed E-state index contributed by atoms with van der Waals surface area (Å²) in [5.41, 5.74) is 6.38. The van der Waals surface area contributed by atoms with Crippen molar-refractivity contribution in [2.75, 3.05) is 13.1 Å². The molecule has 0 fully saturated rings. The van der Waals surface area contributed by atoms with Crippen LogP contribution < -0.4 is 15.8 Å². The normalized spacial score (nSPS) is 17.1. The van der Waals surface area contributed by atoms with E-state index in [-0.39, 0.29) is 5.91 Å². The molecule has 4 nitrogen and oxygen atoms in total. The number of nitrogens with one attached hydrogen (secondary N) is 1. The maximum atomic E-state index is 11.9. The van der Waals surface area contributed by atoms with Gasteiger partial charge in [-0.2, -0.15) is 0 Å². The summed E-state index contributed by atoms with van der Waals surface area (Å²) in [7, 11) is 0. The molecule has 1 aliphatic heterocycles. The summed E-state index contributed by atoms with van der Waals surface area (Å²) in [5, 5.41) is 3.52. The number of carbonyl (C=O) groups excluding carboxylic acids is 1. The van der Waals surface area contributed by atoms with E-state index in [1.54, 1.807) is 12.1 Å². The van der Waals surface area contributed by atoms with E-state index in [0.717, 1.165) is 24.2 Å². The Balaban J connectivity index is 1.84. The lowest BCUT2D eigenvalue weighted by atomic mass is 10.1. The smallest absolute Gasteiger partial charge is 0.261 e. The second-order valence-corrected chi connectivity index (χ2v) is 4.79. The molecule has 1 amide bonds. The molecule has 18 heavy (non-hydrogen) atoms. The minimum Gasteiger partial charge on any atom is -0.480 e. The number of hydrogen-bond donors (Lipinski definition) is 2. The summed E-state index contributed by atoms with van der Waals surface area (Å²) in [6.07, 6.45) is 1.96. The summed E-state index contributed by atoms with van der Waals surface area (Å²) in [6, 6.07) is 5.42. The Kier molecular flexibility index (Phi) is 4.44. The number of rotatable bonds is 5.